The van der Waals surface area contributed by atoms with Gasteiger partial charge in [0, 0.05) is 17.0 Å². The number of anilines is 1. The number of rotatable bonds is 7. The first kappa shape index (κ1) is 24.9. The highest BCUT2D eigenvalue weighted by Gasteiger charge is 2.35. The second kappa shape index (κ2) is 10.2. The average molecular weight is 495 g/mol. The molecule has 1 aliphatic rings. The van der Waals surface area contributed by atoms with Crippen LogP contribution in [0.4, 0.5) is 23.4 Å². The number of alkyl halides is 3. The molecule has 7 nitrogen and oxygen atoms in total. The van der Waals surface area contributed by atoms with Crippen LogP contribution in [-0.2, 0) is 15.7 Å². The Hall–Kier alpha value is -3.18. The summed E-state index contributed by atoms with van der Waals surface area (Å²) in [5, 5.41) is 3.57. The molecular weight excluding hydrogens is 470 g/mol. The maximum Gasteiger partial charge on any atom is 0.419 e. The third-order valence-electron chi connectivity index (χ3n) is 5.56. The Balaban J connectivity index is 1.66. The van der Waals surface area contributed by atoms with Crippen LogP contribution in [0.1, 0.15) is 29.9 Å². The highest BCUT2D eigenvalue weighted by atomic mass is 19.4. The molecule has 0 radical (unpaired) electrons. The van der Waals surface area contributed by atoms with Crippen molar-refractivity contribution >= 4 is 16.7 Å². The number of nitrogens with one attached hydrogen (secondary N) is 1. The minimum Gasteiger partial charge on any atom is -0.493 e. The average Bonchev–Trinajstić information content (AvgIpc) is 2.82. The molecule has 11 heteroatoms. The molecule has 0 aliphatic carbocycles. The van der Waals surface area contributed by atoms with Gasteiger partial charge in [-0.05, 0) is 26.0 Å². The highest BCUT2D eigenvalue weighted by molar-refractivity contribution is 5.92. The summed E-state index contributed by atoms with van der Waals surface area (Å²) < 4.78 is 76.6. The summed E-state index contributed by atoms with van der Waals surface area (Å²) in [6.45, 7) is 4.88. The molecule has 188 valence electrons. The van der Waals surface area contributed by atoms with Gasteiger partial charge in [0.15, 0.2) is 11.5 Å². The van der Waals surface area contributed by atoms with Gasteiger partial charge in [-0.25, -0.2) is 14.4 Å². The number of halogens is 4. The second-order valence-electron chi connectivity index (χ2n) is 8.09. The Morgan fingerprint density at radius 1 is 1.17 bits per heavy atom. The van der Waals surface area contributed by atoms with Crippen LogP contribution in [0.2, 0.25) is 0 Å². The Kier molecular flexibility index (Phi) is 7.27. The first-order valence-corrected chi connectivity index (χ1v) is 11.0. The zero-order chi connectivity index (χ0) is 25.2. The number of methoxy groups -OCH3 is 1. The predicted octanol–water partition coefficient (Wildman–Crippen LogP) is 5.07. The summed E-state index contributed by atoms with van der Waals surface area (Å²) >= 11 is 0. The van der Waals surface area contributed by atoms with Crippen molar-refractivity contribution in [2.75, 3.05) is 38.9 Å². The van der Waals surface area contributed by atoms with E-state index in [2.05, 4.69) is 15.3 Å². The summed E-state index contributed by atoms with van der Waals surface area (Å²) in [6.07, 6.45) is -5.03. The zero-order valence-electron chi connectivity index (χ0n) is 19.4. The molecule has 1 saturated heterocycles. The van der Waals surface area contributed by atoms with Crippen LogP contribution < -0.4 is 14.8 Å². The molecule has 35 heavy (non-hydrogen) atoms. The fourth-order valence-electron chi connectivity index (χ4n) is 3.84. The monoisotopic (exact) mass is 495 g/mol. The lowest BCUT2D eigenvalue weighted by Crippen LogP contribution is -2.33. The van der Waals surface area contributed by atoms with Gasteiger partial charge >= 0.3 is 6.18 Å². The molecule has 0 amide bonds. The Bertz CT molecular complexity index is 1200. The summed E-state index contributed by atoms with van der Waals surface area (Å²) in [5.74, 6) is 0.259. The number of fused-ring (bicyclic) bond motifs is 1. The number of benzene rings is 2. The first-order chi connectivity index (χ1) is 16.7. The fraction of sp³-hybridized carbons (Fsp3) is 0.417. The minimum atomic E-state index is -4.80. The van der Waals surface area contributed by atoms with Gasteiger partial charge in [0.1, 0.15) is 30.2 Å². The van der Waals surface area contributed by atoms with Crippen molar-refractivity contribution in [1.82, 2.24) is 9.97 Å². The zero-order valence-corrected chi connectivity index (χ0v) is 19.4. The molecule has 1 aromatic heterocycles. The van der Waals surface area contributed by atoms with Crippen molar-refractivity contribution < 1.29 is 36.5 Å². The van der Waals surface area contributed by atoms with E-state index in [1.54, 1.807) is 26.0 Å². The van der Waals surface area contributed by atoms with E-state index in [0.29, 0.717) is 59.9 Å². The van der Waals surface area contributed by atoms with E-state index in [4.69, 9.17) is 18.9 Å². The SMILES string of the molecule is COc1cc2nc(C)nc(N[C@H](C)c3cccc(C(F)(F)F)c3F)c2cc1OC[C@@H]1COCCO1. The summed E-state index contributed by atoms with van der Waals surface area (Å²) in [7, 11) is 1.50. The predicted molar refractivity (Wildman–Crippen MR) is 120 cm³/mol. The van der Waals surface area contributed by atoms with E-state index in [1.165, 1.54) is 19.2 Å². The Morgan fingerprint density at radius 2 is 1.97 bits per heavy atom. The molecule has 0 bridgehead atoms. The van der Waals surface area contributed by atoms with Gasteiger partial charge < -0.3 is 24.3 Å². The van der Waals surface area contributed by atoms with E-state index in [1.807, 2.05) is 0 Å². The number of aromatic nitrogens is 2. The minimum absolute atomic E-state index is 0.135. The lowest BCUT2D eigenvalue weighted by Gasteiger charge is -2.23. The lowest BCUT2D eigenvalue weighted by molar-refractivity contribution is -0.140. The van der Waals surface area contributed by atoms with Crippen LogP contribution in [-0.4, -0.2) is 49.6 Å². The van der Waals surface area contributed by atoms with Crippen LogP contribution in [0, 0.1) is 12.7 Å². The van der Waals surface area contributed by atoms with E-state index in [0.717, 1.165) is 0 Å². The van der Waals surface area contributed by atoms with E-state index in [-0.39, 0.29) is 18.3 Å². The number of hydrogen-bond donors (Lipinski definition) is 1. The van der Waals surface area contributed by atoms with Crippen molar-refractivity contribution in [1.29, 1.82) is 0 Å². The smallest absolute Gasteiger partial charge is 0.419 e. The normalized spacial score (nSPS) is 17.3. The first-order valence-electron chi connectivity index (χ1n) is 11.0. The number of hydrogen-bond acceptors (Lipinski definition) is 7. The number of nitrogens with zero attached hydrogens (tertiary/aromatic N) is 2. The summed E-state index contributed by atoms with van der Waals surface area (Å²) in [5.41, 5.74) is -0.927. The van der Waals surface area contributed by atoms with Crippen LogP contribution in [0.3, 0.4) is 0 Å². The van der Waals surface area contributed by atoms with Crippen molar-refractivity contribution in [3.8, 4) is 11.5 Å². The summed E-state index contributed by atoms with van der Waals surface area (Å²) in [4.78, 5) is 8.83. The largest absolute Gasteiger partial charge is 0.493 e. The van der Waals surface area contributed by atoms with Crippen LogP contribution in [0.25, 0.3) is 10.9 Å². The van der Waals surface area contributed by atoms with E-state index >= 15 is 0 Å². The third-order valence-corrected chi connectivity index (χ3v) is 5.56. The molecular formula is C24H25F4N3O4. The molecule has 1 fully saturated rings. The van der Waals surface area contributed by atoms with Crippen molar-refractivity contribution in [2.24, 2.45) is 0 Å². The Labute approximate surface area is 199 Å². The van der Waals surface area contributed by atoms with Crippen LogP contribution >= 0.6 is 0 Å². The molecule has 1 N–H and O–H groups in total. The van der Waals surface area contributed by atoms with Crippen molar-refractivity contribution in [3.63, 3.8) is 0 Å². The van der Waals surface area contributed by atoms with Gasteiger partial charge in [0.25, 0.3) is 0 Å². The van der Waals surface area contributed by atoms with Crippen LogP contribution in [0.15, 0.2) is 30.3 Å². The topological polar surface area (TPSA) is 74.7 Å². The van der Waals surface area contributed by atoms with Gasteiger partial charge in [-0.3, -0.25) is 0 Å². The molecule has 0 unspecified atom stereocenters. The second-order valence-corrected chi connectivity index (χ2v) is 8.09. The van der Waals surface area contributed by atoms with Gasteiger partial charge in [0.2, 0.25) is 0 Å². The van der Waals surface area contributed by atoms with Gasteiger partial charge in [-0.2, -0.15) is 13.2 Å². The maximum atomic E-state index is 14.7. The number of ether oxygens (including phenoxy) is 4. The standard InChI is InChI=1S/C24H25F4N3O4/c1-13(16-5-4-6-18(22(16)25)24(26,27)28)29-23-17-9-21(35-12-15-11-33-7-8-34-15)20(32-3)10-19(17)30-14(2)31-23/h4-6,9-10,13,15H,7-8,11-12H2,1-3H3,(H,29,30,31)/t13-,15+/m1/s1. The Morgan fingerprint density at radius 3 is 2.66 bits per heavy atom. The van der Waals surface area contributed by atoms with Crippen molar-refractivity contribution in [3.05, 3.63) is 53.1 Å². The third kappa shape index (κ3) is 5.57. The molecule has 4 rings (SSSR count). The van der Waals surface area contributed by atoms with Gasteiger partial charge in [-0.1, -0.05) is 12.1 Å². The summed E-state index contributed by atoms with van der Waals surface area (Å²) in [6, 6.07) is 5.73. The molecule has 2 heterocycles. The van der Waals surface area contributed by atoms with E-state index in [9.17, 15) is 17.6 Å². The fourth-order valence-corrected chi connectivity index (χ4v) is 3.84. The molecule has 2 atom stereocenters. The molecule has 2 aromatic carbocycles. The molecule has 0 saturated carbocycles. The maximum absolute atomic E-state index is 14.7. The lowest BCUT2D eigenvalue weighted by atomic mass is 10.0. The van der Waals surface area contributed by atoms with Crippen molar-refractivity contribution in [2.45, 2.75) is 32.2 Å². The quantitative estimate of drug-likeness (QED) is 0.459. The number of aryl methyl sites for hydroxylation is 1. The molecule has 3 aromatic rings. The molecule has 0 spiro atoms. The highest BCUT2D eigenvalue weighted by Crippen LogP contribution is 2.37. The molecule has 1 aliphatic heterocycles. The van der Waals surface area contributed by atoms with Gasteiger partial charge in [-0.15, -0.1) is 0 Å². The van der Waals surface area contributed by atoms with Crippen LogP contribution in [0.5, 0.6) is 11.5 Å². The van der Waals surface area contributed by atoms with E-state index < -0.39 is 23.6 Å². The van der Waals surface area contributed by atoms with Gasteiger partial charge in [0.05, 0.1) is 44.1 Å².